The van der Waals surface area contributed by atoms with E-state index in [0.717, 1.165) is 11.1 Å². The molecule has 0 aromatic heterocycles. The van der Waals surface area contributed by atoms with Gasteiger partial charge in [-0.15, -0.1) is 0 Å². The molecular weight excluding hydrogens is 302 g/mol. The van der Waals surface area contributed by atoms with Gasteiger partial charge in [0.2, 0.25) is 0 Å². The number of anilines is 1. The Hall–Kier alpha value is -2.88. The van der Waals surface area contributed by atoms with E-state index in [4.69, 9.17) is 4.74 Å². The molecule has 0 radical (unpaired) electrons. The van der Waals surface area contributed by atoms with E-state index in [2.05, 4.69) is 31.3 Å². The van der Waals surface area contributed by atoms with E-state index >= 15 is 0 Å². The molecule has 3 rings (SSSR count). The number of carbonyl (C=O) groups is 2. The van der Waals surface area contributed by atoms with Gasteiger partial charge in [-0.3, -0.25) is 9.59 Å². The zero-order chi connectivity index (χ0) is 17.3. The van der Waals surface area contributed by atoms with Crippen molar-refractivity contribution in [2.75, 3.05) is 11.9 Å². The number of amides is 1. The van der Waals surface area contributed by atoms with Crippen molar-refractivity contribution in [2.45, 2.75) is 20.8 Å². The lowest BCUT2D eigenvalue weighted by molar-refractivity contribution is -0.118. The Morgan fingerprint density at radius 3 is 2.62 bits per heavy atom. The highest BCUT2D eigenvalue weighted by atomic mass is 16.5. The predicted octanol–water partition coefficient (Wildman–Crippen LogP) is 3.84. The smallest absolute Gasteiger partial charge is 0.262 e. The molecule has 0 bridgehead atoms. The number of ether oxygens (including phenoxy) is 1. The molecule has 0 spiro atoms. The van der Waals surface area contributed by atoms with Crippen molar-refractivity contribution >= 4 is 23.5 Å². The first-order valence-corrected chi connectivity index (χ1v) is 7.81. The maximum absolute atomic E-state index is 12.4. The van der Waals surface area contributed by atoms with Gasteiger partial charge in [0.1, 0.15) is 5.75 Å². The van der Waals surface area contributed by atoms with Crippen LogP contribution in [0.4, 0.5) is 5.69 Å². The molecule has 2 aromatic rings. The van der Waals surface area contributed by atoms with Crippen LogP contribution in [0, 0.1) is 20.8 Å². The van der Waals surface area contributed by atoms with Gasteiger partial charge in [-0.25, -0.2) is 0 Å². The summed E-state index contributed by atoms with van der Waals surface area (Å²) in [4.78, 5) is 23.8. The number of carbonyl (C=O) groups excluding carboxylic acids is 2. The van der Waals surface area contributed by atoms with Crippen molar-refractivity contribution < 1.29 is 14.3 Å². The van der Waals surface area contributed by atoms with E-state index in [1.165, 1.54) is 11.1 Å². The Kier molecular flexibility index (Phi) is 4.21. The van der Waals surface area contributed by atoms with Gasteiger partial charge < -0.3 is 10.1 Å². The number of allylic oxidation sites excluding steroid dienone is 1. The number of hydrogen-bond acceptors (Lipinski definition) is 3. The van der Waals surface area contributed by atoms with Crippen LogP contribution >= 0.6 is 0 Å². The van der Waals surface area contributed by atoms with Gasteiger partial charge in [-0.1, -0.05) is 18.2 Å². The average molecular weight is 321 g/mol. The molecule has 24 heavy (non-hydrogen) atoms. The lowest BCUT2D eigenvalue weighted by Crippen LogP contribution is -2.25. The highest BCUT2D eigenvalue weighted by Gasteiger charge is 2.17. The quantitative estimate of drug-likeness (QED) is 0.690. The van der Waals surface area contributed by atoms with Crippen molar-refractivity contribution in [1.82, 2.24) is 0 Å². The fraction of sp³-hybridized carbons (Fsp3) is 0.200. The van der Waals surface area contributed by atoms with Crippen LogP contribution in [0.3, 0.4) is 0 Å². The van der Waals surface area contributed by atoms with Crippen LogP contribution in [0.5, 0.6) is 5.75 Å². The van der Waals surface area contributed by atoms with Crippen LogP contribution in [0.1, 0.15) is 32.6 Å². The van der Waals surface area contributed by atoms with Crippen LogP contribution in [-0.4, -0.2) is 18.3 Å². The molecule has 0 aliphatic carbocycles. The molecule has 0 saturated heterocycles. The molecule has 122 valence electrons. The normalized spacial score (nSPS) is 13.4. The topological polar surface area (TPSA) is 55.4 Å². The molecule has 1 amide bonds. The number of benzene rings is 2. The van der Waals surface area contributed by atoms with Crippen LogP contribution in [0.2, 0.25) is 0 Å². The van der Waals surface area contributed by atoms with Gasteiger partial charge in [0.15, 0.2) is 12.4 Å². The molecule has 4 heteroatoms. The minimum Gasteiger partial charge on any atom is -0.482 e. The number of hydrogen-bond donors (Lipinski definition) is 1. The van der Waals surface area contributed by atoms with E-state index in [0.29, 0.717) is 17.0 Å². The summed E-state index contributed by atoms with van der Waals surface area (Å²) in [7, 11) is 0. The van der Waals surface area contributed by atoms with E-state index in [-0.39, 0.29) is 18.3 Å². The first kappa shape index (κ1) is 16.0. The van der Waals surface area contributed by atoms with Crippen LogP contribution < -0.4 is 10.1 Å². The number of aryl methyl sites for hydroxylation is 3. The number of fused-ring (bicyclic) bond motifs is 1. The fourth-order valence-electron chi connectivity index (χ4n) is 2.66. The van der Waals surface area contributed by atoms with E-state index < -0.39 is 0 Å². The van der Waals surface area contributed by atoms with Crippen LogP contribution in [0.15, 0.2) is 36.4 Å². The average Bonchev–Trinajstić information content (AvgIpc) is 2.56. The molecule has 0 unspecified atom stereocenters. The fourth-order valence-corrected chi connectivity index (χ4v) is 2.66. The molecular formula is C20H19NO3. The third-order valence-electron chi connectivity index (χ3n) is 4.19. The number of nitrogens with one attached hydrogen (secondary N) is 1. The zero-order valence-electron chi connectivity index (χ0n) is 14.0. The summed E-state index contributed by atoms with van der Waals surface area (Å²) in [5.74, 6) is 0.254. The summed E-state index contributed by atoms with van der Waals surface area (Å²) in [5, 5.41) is 2.71. The number of ketones is 1. The van der Waals surface area contributed by atoms with Gasteiger partial charge in [-0.2, -0.15) is 0 Å². The largest absolute Gasteiger partial charge is 0.482 e. The molecule has 1 heterocycles. The zero-order valence-corrected chi connectivity index (χ0v) is 14.0. The standard InChI is InChI=1S/C20H19NO3/c1-12-8-14(3)15(9-13(12)2)4-6-18(22)16-5-7-19-17(10-16)21-20(23)11-24-19/h4-10H,11H2,1-3H3,(H,21,23)/b6-4+. The van der Waals surface area contributed by atoms with Gasteiger partial charge in [0.25, 0.3) is 5.91 Å². The second kappa shape index (κ2) is 6.32. The van der Waals surface area contributed by atoms with Crippen molar-refractivity contribution in [3.8, 4) is 5.75 Å². The third kappa shape index (κ3) is 3.23. The van der Waals surface area contributed by atoms with Gasteiger partial charge in [0.05, 0.1) is 5.69 Å². The molecule has 2 aromatic carbocycles. The maximum atomic E-state index is 12.4. The second-order valence-corrected chi connectivity index (χ2v) is 6.04. The Balaban J connectivity index is 1.84. The summed E-state index contributed by atoms with van der Waals surface area (Å²) < 4.78 is 5.30. The molecule has 0 atom stereocenters. The van der Waals surface area contributed by atoms with E-state index in [9.17, 15) is 9.59 Å². The predicted molar refractivity (Wildman–Crippen MR) is 94.6 cm³/mol. The Morgan fingerprint density at radius 2 is 1.83 bits per heavy atom. The highest BCUT2D eigenvalue weighted by molar-refractivity contribution is 6.08. The first-order chi connectivity index (χ1) is 11.4. The summed E-state index contributed by atoms with van der Waals surface area (Å²) in [5.41, 5.74) is 5.64. The van der Waals surface area contributed by atoms with Crippen LogP contribution in [0.25, 0.3) is 6.08 Å². The number of rotatable bonds is 3. The molecule has 0 fully saturated rings. The van der Waals surface area contributed by atoms with E-state index in [1.807, 2.05) is 13.0 Å². The minimum atomic E-state index is -0.214. The maximum Gasteiger partial charge on any atom is 0.262 e. The van der Waals surface area contributed by atoms with E-state index in [1.54, 1.807) is 24.3 Å². The summed E-state index contributed by atoms with van der Waals surface area (Å²) in [6, 6.07) is 9.25. The second-order valence-electron chi connectivity index (χ2n) is 6.04. The summed E-state index contributed by atoms with van der Waals surface area (Å²) >= 11 is 0. The van der Waals surface area contributed by atoms with Crippen molar-refractivity contribution in [3.05, 3.63) is 64.2 Å². The molecule has 0 saturated carbocycles. The highest BCUT2D eigenvalue weighted by Crippen LogP contribution is 2.28. The SMILES string of the molecule is Cc1cc(C)c(/C=C/C(=O)c2ccc3c(c2)NC(=O)CO3)cc1C. The lowest BCUT2D eigenvalue weighted by atomic mass is 10.00. The van der Waals surface area contributed by atoms with Crippen molar-refractivity contribution in [1.29, 1.82) is 0 Å². The third-order valence-corrected chi connectivity index (χ3v) is 4.19. The lowest BCUT2D eigenvalue weighted by Gasteiger charge is -2.18. The molecule has 1 aliphatic heterocycles. The monoisotopic (exact) mass is 321 g/mol. The van der Waals surface area contributed by atoms with Gasteiger partial charge in [-0.05, 0) is 67.3 Å². The molecule has 4 nitrogen and oxygen atoms in total. The summed E-state index contributed by atoms with van der Waals surface area (Å²) in [6.07, 6.45) is 3.39. The van der Waals surface area contributed by atoms with Gasteiger partial charge >= 0.3 is 0 Å². The summed E-state index contributed by atoms with van der Waals surface area (Å²) in [6.45, 7) is 6.17. The first-order valence-electron chi connectivity index (χ1n) is 7.81. The molecule has 1 N–H and O–H groups in total. The van der Waals surface area contributed by atoms with Crippen molar-refractivity contribution in [2.24, 2.45) is 0 Å². The van der Waals surface area contributed by atoms with Gasteiger partial charge in [0, 0.05) is 5.56 Å². The Bertz CT molecular complexity index is 865. The molecule has 1 aliphatic rings. The van der Waals surface area contributed by atoms with Crippen LogP contribution in [-0.2, 0) is 4.79 Å². The Morgan fingerprint density at radius 1 is 1.08 bits per heavy atom. The van der Waals surface area contributed by atoms with Crippen molar-refractivity contribution in [3.63, 3.8) is 0 Å². The Labute approximate surface area is 141 Å². The minimum absolute atomic E-state index is 0.00620.